The smallest absolute Gasteiger partial charge is 0.407 e. The van der Waals surface area contributed by atoms with Gasteiger partial charge in [-0.2, -0.15) is 5.10 Å². The van der Waals surface area contributed by atoms with E-state index >= 15 is 0 Å². The maximum atomic E-state index is 12.2. The van der Waals surface area contributed by atoms with Gasteiger partial charge in [-0.3, -0.25) is 14.8 Å². The third-order valence-electron chi connectivity index (χ3n) is 3.69. The topological polar surface area (TPSA) is 90.6 Å². The molecule has 1 saturated heterocycles. The Morgan fingerprint density at radius 3 is 2.58 bits per heavy atom. The highest BCUT2D eigenvalue weighted by Gasteiger charge is 2.21. The minimum absolute atomic E-state index is 0.0639. The number of amides is 2. The molecule has 1 aliphatic rings. The van der Waals surface area contributed by atoms with Crippen molar-refractivity contribution in [3.8, 4) is 0 Å². The number of nitrogens with zero attached hydrogens (tertiary/aromatic N) is 3. The first-order chi connectivity index (χ1) is 11.3. The van der Waals surface area contributed by atoms with Crippen LogP contribution in [0.1, 0.15) is 32.8 Å². The zero-order valence-electron chi connectivity index (χ0n) is 14.7. The van der Waals surface area contributed by atoms with E-state index in [0.717, 1.165) is 25.2 Å². The van der Waals surface area contributed by atoms with E-state index in [4.69, 9.17) is 4.74 Å². The van der Waals surface area contributed by atoms with Gasteiger partial charge in [-0.25, -0.2) is 4.79 Å². The Morgan fingerprint density at radius 2 is 2.00 bits per heavy atom. The normalized spacial score (nSPS) is 16.0. The van der Waals surface area contributed by atoms with Crippen LogP contribution in [0.25, 0.3) is 0 Å². The van der Waals surface area contributed by atoms with Crippen LogP contribution in [0, 0.1) is 0 Å². The average Bonchev–Trinajstić information content (AvgIpc) is 2.99. The van der Waals surface area contributed by atoms with E-state index in [2.05, 4.69) is 20.4 Å². The van der Waals surface area contributed by atoms with Crippen LogP contribution >= 0.6 is 0 Å². The highest BCUT2D eigenvalue weighted by molar-refractivity contribution is 5.77. The summed E-state index contributed by atoms with van der Waals surface area (Å²) in [7, 11) is 0. The summed E-state index contributed by atoms with van der Waals surface area (Å²) in [6.45, 7) is 9.67. The standard InChI is InChI=1S/C16H27N5O3/c1-16(2,3)24-15(23)17-5-4-14(22)21-8-6-20(7-9-21)12-13-10-18-19-11-13/h10-11H,4-9,12H2,1-3H3,(H,17,23)(H,18,19). The van der Waals surface area contributed by atoms with Crippen molar-refractivity contribution >= 4 is 12.0 Å². The van der Waals surface area contributed by atoms with E-state index in [1.165, 1.54) is 0 Å². The van der Waals surface area contributed by atoms with Crippen molar-refractivity contribution < 1.29 is 14.3 Å². The van der Waals surface area contributed by atoms with Crippen LogP contribution in [0.5, 0.6) is 0 Å². The predicted molar refractivity (Wildman–Crippen MR) is 89.3 cm³/mol. The van der Waals surface area contributed by atoms with E-state index in [1.807, 2.05) is 17.3 Å². The fourth-order valence-electron chi connectivity index (χ4n) is 2.52. The Morgan fingerprint density at radius 1 is 1.29 bits per heavy atom. The van der Waals surface area contributed by atoms with Crippen LogP contribution in [0.4, 0.5) is 4.79 Å². The summed E-state index contributed by atoms with van der Waals surface area (Å²) in [5.41, 5.74) is 0.621. The Balaban J connectivity index is 1.63. The third-order valence-corrected chi connectivity index (χ3v) is 3.69. The molecule has 8 nitrogen and oxygen atoms in total. The van der Waals surface area contributed by atoms with Crippen molar-refractivity contribution in [3.63, 3.8) is 0 Å². The molecule has 0 spiro atoms. The molecule has 2 N–H and O–H groups in total. The van der Waals surface area contributed by atoms with Gasteiger partial charge in [0.2, 0.25) is 5.91 Å². The molecule has 1 aromatic heterocycles. The van der Waals surface area contributed by atoms with Crippen LogP contribution in [-0.2, 0) is 16.1 Å². The second-order valence-electron chi connectivity index (χ2n) is 6.94. The lowest BCUT2D eigenvalue weighted by Crippen LogP contribution is -2.48. The molecule has 1 aliphatic heterocycles. The Bertz CT molecular complexity index is 530. The van der Waals surface area contributed by atoms with E-state index in [9.17, 15) is 9.59 Å². The largest absolute Gasteiger partial charge is 0.444 e. The summed E-state index contributed by atoms with van der Waals surface area (Å²) in [6, 6.07) is 0. The number of alkyl carbamates (subject to hydrolysis) is 1. The quantitative estimate of drug-likeness (QED) is 0.835. The van der Waals surface area contributed by atoms with Gasteiger partial charge >= 0.3 is 6.09 Å². The summed E-state index contributed by atoms with van der Waals surface area (Å²) < 4.78 is 5.14. The second-order valence-corrected chi connectivity index (χ2v) is 6.94. The van der Waals surface area contributed by atoms with Gasteiger partial charge in [-0.1, -0.05) is 0 Å². The zero-order valence-corrected chi connectivity index (χ0v) is 14.7. The molecule has 1 aromatic rings. The van der Waals surface area contributed by atoms with Gasteiger partial charge in [-0.15, -0.1) is 0 Å². The second kappa shape index (κ2) is 8.14. The van der Waals surface area contributed by atoms with Crippen LogP contribution in [0.3, 0.4) is 0 Å². The monoisotopic (exact) mass is 337 g/mol. The van der Waals surface area contributed by atoms with E-state index < -0.39 is 11.7 Å². The molecule has 0 saturated carbocycles. The number of piperazine rings is 1. The predicted octanol–water partition coefficient (Wildman–Crippen LogP) is 0.969. The molecule has 24 heavy (non-hydrogen) atoms. The fraction of sp³-hybridized carbons (Fsp3) is 0.688. The van der Waals surface area contributed by atoms with Gasteiger partial charge in [0.25, 0.3) is 0 Å². The highest BCUT2D eigenvalue weighted by atomic mass is 16.6. The van der Waals surface area contributed by atoms with Gasteiger partial charge in [-0.05, 0) is 20.8 Å². The summed E-state index contributed by atoms with van der Waals surface area (Å²) in [4.78, 5) is 27.9. The lowest BCUT2D eigenvalue weighted by atomic mass is 10.2. The van der Waals surface area contributed by atoms with E-state index in [1.54, 1.807) is 20.8 Å². The van der Waals surface area contributed by atoms with Gasteiger partial charge in [0.1, 0.15) is 5.60 Å². The molecule has 2 heterocycles. The number of carbonyl (C=O) groups excluding carboxylic acids is 2. The molecular formula is C16H27N5O3. The van der Waals surface area contributed by atoms with Crippen molar-refractivity contribution in [2.45, 2.75) is 39.3 Å². The van der Waals surface area contributed by atoms with Crippen LogP contribution in [0.2, 0.25) is 0 Å². The van der Waals surface area contributed by atoms with Gasteiger partial charge < -0.3 is 15.0 Å². The Labute approximate surface area is 142 Å². The number of hydrogen-bond acceptors (Lipinski definition) is 5. The lowest BCUT2D eigenvalue weighted by molar-refractivity contribution is -0.132. The molecule has 0 aliphatic carbocycles. The first-order valence-electron chi connectivity index (χ1n) is 8.28. The SMILES string of the molecule is CC(C)(C)OC(=O)NCCC(=O)N1CCN(Cc2cn[nH]c2)CC1. The maximum absolute atomic E-state index is 12.2. The van der Waals surface area contributed by atoms with Crippen molar-refractivity contribution in [1.82, 2.24) is 25.3 Å². The first kappa shape index (κ1) is 18.3. The third kappa shape index (κ3) is 6.19. The minimum atomic E-state index is -0.528. The molecule has 2 rings (SSSR count). The van der Waals surface area contributed by atoms with Crippen LogP contribution < -0.4 is 5.32 Å². The summed E-state index contributed by atoms with van der Waals surface area (Å²) in [5.74, 6) is 0.0639. The number of aromatic amines is 1. The van der Waals surface area contributed by atoms with Crippen LogP contribution in [0.15, 0.2) is 12.4 Å². The molecule has 2 amide bonds. The summed E-state index contributed by atoms with van der Waals surface area (Å²) in [5, 5.41) is 9.36. The molecule has 8 heteroatoms. The van der Waals surface area contributed by atoms with Crippen LogP contribution in [-0.4, -0.2) is 70.3 Å². The maximum Gasteiger partial charge on any atom is 0.407 e. The summed E-state index contributed by atoms with van der Waals surface area (Å²) in [6.07, 6.45) is 3.51. The molecule has 134 valence electrons. The molecule has 0 atom stereocenters. The number of carbonyl (C=O) groups is 2. The highest BCUT2D eigenvalue weighted by Crippen LogP contribution is 2.09. The Kier molecular flexibility index (Phi) is 6.19. The summed E-state index contributed by atoms with van der Waals surface area (Å²) >= 11 is 0. The molecule has 0 radical (unpaired) electrons. The molecule has 0 bridgehead atoms. The van der Waals surface area contributed by atoms with Gasteiger partial charge in [0.05, 0.1) is 6.20 Å². The average molecular weight is 337 g/mol. The van der Waals surface area contributed by atoms with Crippen molar-refractivity contribution in [3.05, 3.63) is 18.0 Å². The number of H-pyrrole nitrogens is 1. The zero-order chi connectivity index (χ0) is 17.6. The number of ether oxygens (including phenoxy) is 1. The number of aromatic nitrogens is 2. The molecular weight excluding hydrogens is 310 g/mol. The lowest BCUT2D eigenvalue weighted by Gasteiger charge is -2.34. The molecule has 0 aromatic carbocycles. The van der Waals surface area contributed by atoms with Crippen molar-refractivity contribution in [2.24, 2.45) is 0 Å². The number of nitrogens with one attached hydrogen (secondary N) is 2. The number of hydrogen-bond donors (Lipinski definition) is 2. The van der Waals surface area contributed by atoms with Gasteiger partial charge in [0, 0.05) is 57.4 Å². The van der Waals surface area contributed by atoms with Crippen molar-refractivity contribution in [1.29, 1.82) is 0 Å². The van der Waals surface area contributed by atoms with Gasteiger partial charge in [0.15, 0.2) is 0 Å². The number of rotatable bonds is 5. The fourth-order valence-corrected chi connectivity index (χ4v) is 2.52. The first-order valence-corrected chi connectivity index (χ1v) is 8.28. The molecule has 1 fully saturated rings. The molecule has 0 unspecified atom stereocenters. The Hall–Kier alpha value is -2.09. The van der Waals surface area contributed by atoms with E-state index in [0.29, 0.717) is 26.1 Å². The minimum Gasteiger partial charge on any atom is -0.444 e. The van der Waals surface area contributed by atoms with E-state index in [-0.39, 0.29) is 5.91 Å². The van der Waals surface area contributed by atoms with Crippen molar-refractivity contribution in [2.75, 3.05) is 32.7 Å².